The van der Waals surface area contributed by atoms with E-state index in [9.17, 15) is 0 Å². The van der Waals surface area contributed by atoms with Gasteiger partial charge in [-0.15, -0.1) is 0 Å². The Morgan fingerprint density at radius 3 is 1.56 bits per heavy atom. The van der Waals surface area contributed by atoms with Crippen molar-refractivity contribution in [3.8, 4) is 11.5 Å². The predicted octanol–water partition coefficient (Wildman–Crippen LogP) is 9.22. The molecule has 1 unspecified atom stereocenters. The van der Waals surface area contributed by atoms with Gasteiger partial charge >= 0.3 is 8.38 Å². The van der Waals surface area contributed by atoms with Crippen LogP contribution < -0.4 is 9.05 Å². The molecule has 0 heterocycles. The molecule has 0 amide bonds. The van der Waals surface area contributed by atoms with Crippen LogP contribution in [0.3, 0.4) is 0 Å². The monoisotopic (exact) mass is 478 g/mol. The first-order valence-corrected chi connectivity index (χ1v) is 12.1. The van der Waals surface area contributed by atoms with Crippen molar-refractivity contribution >= 4 is 37.7 Å². The van der Waals surface area contributed by atoms with Gasteiger partial charge in [0.2, 0.25) is 0 Å². The Hall–Kier alpha value is -2.77. The van der Waals surface area contributed by atoms with Crippen LogP contribution in [0.4, 0.5) is 0 Å². The SMILES string of the molecule is Clc1ccc(/C=C/C(c2ccc(Cl)cc2)P(Oc2ccccc2)Oc2ccccc2)cc1. The topological polar surface area (TPSA) is 18.5 Å². The van der Waals surface area contributed by atoms with Crippen molar-refractivity contribution in [2.24, 2.45) is 0 Å². The maximum atomic E-state index is 6.41. The zero-order valence-electron chi connectivity index (χ0n) is 17.1. The van der Waals surface area contributed by atoms with Crippen molar-refractivity contribution in [1.29, 1.82) is 0 Å². The molecule has 0 saturated carbocycles. The van der Waals surface area contributed by atoms with E-state index >= 15 is 0 Å². The van der Waals surface area contributed by atoms with Crippen LogP contribution >= 0.6 is 31.6 Å². The second kappa shape index (κ2) is 11.2. The van der Waals surface area contributed by atoms with Crippen LogP contribution in [0.15, 0.2) is 115 Å². The van der Waals surface area contributed by atoms with E-state index < -0.39 is 8.38 Å². The molecule has 4 rings (SSSR count). The minimum atomic E-state index is -1.42. The van der Waals surface area contributed by atoms with E-state index in [-0.39, 0.29) is 5.66 Å². The van der Waals surface area contributed by atoms with E-state index in [1.165, 1.54) is 0 Å². The van der Waals surface area contributed by atoms with Crippen LogP contribution in [-0.4, -0.2) is 0 Å². The van der Waals surface area contributed by atoms with E-state index in [2.05, 4.69) is 12.2 Å². The predicted molar refractivity (Wildman–Crippen MR) is 136 cm³/mol. The largest absolute Gasteiger partial charge is 0.438 e. The number of rotatable bonds is 8. The summed E-state index contributed by atoms with van der Waals surface area (Å²) in [7, 11) is -1.42. The zero-order valence-corrected chi connectivity index (χ0v) is 19.6. The Kier molecular flexibility index (Phi) is 7.85. The van der Waals surface area contributed by atoms with E-state index in [1.807, 2.05) is 109 Å². The summed E-state index contributed by atoms with van der Waals surface area (Å²) in [5.74, 6) is 1.52. The summed E-state index contributed by atoms with van der Waals surface area (Å²) in [6.45, 7) is 0. The highest BCUT2D eigenvalue weighted by molar-refractivity contribution is 7.48. The van der Waals surface area contributed by atoms with Gasteiger partial charge in [-0.05, 0) is 59.7 Å². The molecule has 5 heteroatoms. The van der Waals surface area contributed by atoms with E-state index in [0.29, 0.717) is 10.0 Å². The third kappa shape index (κ3) is 6.37. The molecule has 0 aliphatic heterocycles. The Bertz CT molecular complexity index is 1090. The Balaban J connectivity index is 1.71. The molecular formula is C27H21Cl2O2P. The van der Waals surface area contributed by atoms with Crippen LogP contribution in [0.5, 0.6) is 11.5 Å². The van der Waals surface area contributed by atoms with Gasteiger partial charge in [-0.3, -0.25) is 0 Å². The Morgan fingerprint density at radius 2 is 1.06 bits per heavy atom. The van der Waals surface area contributed by atoms with Gasteiger partial charge in [0.15, 0.2) is 0 Å². The van der Waals surface area contributed by atoms with Crippen LogP contribution in [0.1, 0.15) is 16.8 Å². The number of hydrogen-bond donors (Lipinski definition) is 0. The third-order valence-corrected chi connectivity index (χ3v) is 6.87. The van der Waals surface area contributed by atoms with Gasteiger partial charge in [-0.1, -0.05) is 96.0 Å². The van der Waals surface area contributed by atoms with Gasteiger partial charge in [-0.2, -0.15) is 0 Å². The summed E-state index contributed by atoms with van der Waals surface area (Å²) < 4.78 is 12.8. The van der Waals surface area contributed by atoms with Crippen LogP contribution in [0, 0.1) is 0 Å². The first-order valence-electron chi connectivity index (χ1n) is 10.1. The highest BCUT2D eigenvalue weighted by Crippen LogP contribution is 2.54. The van der Waals surface area contributed by atoms with Gasteiger partial charge in [0, 0.05) is 10.0 Å². The summed E-state index contributed by atoms with van der Waals surface area (Å²) in [4.78, 5) is 0. The van der Waals surface area contributed by atoms with Crippen LogP contribution in [0.25, 0.3) is 6.08 Å². The average Bonchev–Trinajstić information content (AvgIpc) is 2.83. The van der Waals surface area contributed by atoms with Gasteiger partial charge in [0.1, 0.15) is 11.5 Å². The molecule has 0 aliphatic carbocycles. The second-order valence-corrected chi connectivity index (χ2v) is 9.37. The lowest BCUT2D eigenvalue weighted by molar-refractivity contribution is 0.482. The lowest BCUT2D eigenvalue weighted by atomic mass is 10.1. The van der Waals surface area contributed by atoms with Crippen molar-refractivity contribution in [3.05, 3.63) is 136 Å². The van der Waals surface area contributed by atoms with E-state index in [1.54, 1.807) is 0 Å². The first-order chi connectivity index (χ1) is 15.7. The third-order valence-electron chi connectivity index (χ3n) is 4.66. The molecule has 0 bridgehead atoms. The maximum Gasteiger partial charge on any atom is 0.302 e. The standard InChI is InChI=1S/C27H21Cl2O2P/c28-23-16-11-21(12-17-23)13-20-27(22-14-18-24(29)19-15-22)32(30-25-7-3-1-4-8-25)31-26-9-5-2-6-10-26/h1-20,27H/b20-13+. The average molecular weight is 479 g/mol. The molecule has 0 radical (unpaired) electrons. The molecule has 4 aromatic carbocycles. The van der Waals surface area contributed by atoms with Crippen molar-refractivity contribution in [2.75, 3.05) is 0 Å². The number of para-hydroxylation sites is 2. The van der Waals surface area contributed by atoms with Gasteiger partial charge in [0.25, 0.3) is 0 Å². The molecule has 32 heavy (non-hydrogen) atoms. The van der Waals surface area contributed by atoms with Crippen molar-refractivity contribution in [3.63, 3.8) is 0 Å². The van der Waals surface area contributed by atoms with Crippen LogP contribution in [0.2, 0.25) is 10.0 Å². The molecule has 1 atom stereocenters. The van der Waals surface area contributed by atoms with Crippen molar-refractivity contribution in [1.82, 2.24) is 0 Å². The van der Waals surface area contributed by atoms with Gasteiger partial charge < -0.3 is 9.05 Å². The molecule has 0 aliphatic rings. The number of halogens is 2. The second-order valence-electron chi connectivity index (χ2n) is 7.00. The lowest BCUT2D eigenvalue weighted by Crippen LogP contribution is -2.05. The minimum Gasteiger partial charge on any atom is -0.438 e. The minimum absolute atomic E-state index is 0.140. The lowest BCUT2D eigenvalue weighted by Gasteiger charge is -2.25. The van der Waals surface area contributed by atoms with Crippen LogP contribution in [-0.2, 0) is 0 Å². The maximum absolute atomic E-state index is 6.41. The molecule has 0 aromatic heterocycles. The molecule has 0 fully saturated rings. The molecular weight excluding hydrogens is 458 g/mol. The van der Waals surface area contributed by atoms with E-state index in [4.69, 9.17) is 32.2 Å². The zero-order chi connectivity index (χ0) is 22.2. The fraction of sp³-hybridized carbons (Fsp3) is 0.0370. The normalized spacial score (nSPS) is 12.1. The number of benzene rings is 4. The molecule has 0 saturated heterocycles. The first kappa shape index (κ1) is 22.4. The number of hydrogen-bond acceptors (Lipinski definition) is 2. The van der Waals surface area contributed by atoms with Crippen molar-refractivity contribution in [2.45, 2.75) is 5.66 Å². The highest BCUT2D eigenvalue weighted by atomic mass is 35.5. The summed E-state index contributed by atoms with van der Waals surface area (Å²) >= 11 is 12.2. The smallest absolute Gasteiger partial charge is 0.302 e. The molecule has 0 N–H and O–H groups in total. The molecule has 2 nitrogen and oxygen atoms in total. The molecule has 4 aromatic rings. The molecule has 160 valence electrons. The highest BCUT2D eigenvalue weighted by Gasteiger charge is 2.27. The van der Waals surface area contributed by atoms with Gasteiger partial charge in [-0.25, -0.2) is 0 Å². The number of allylic oxidation sites excluding steroid dienone is 1. The summed E-state index contributed by atoms with van der Waals surface area (Å²) in [6, 6.07) is 35.0. The van der Waals surface area contributed by atoms with Crippen molar-refractivity contribution < 1.29 is 9.05 Å². The Labute approximate surface area is 200 Å². The summed E-state index contributed by atoms with van der Waals surface area (Å²) in [5.41, 5.74) is 1.96. The summed E-state index contributed by atoms with van der Waals surface area (Å²) in [6.07, 6.45) is 4.18. The quantitative estimate of drug-likeness (QED) is 0.235. The fourth-order valence-corrected chi connectivity index (χ4v) is 4.86. The fourth-order valence-electron chi connectivity index (χ4n) is 3.04. The van der Waals surface area contributed by atoms with E-state index in [0.717, 1.165) is 22.6 Å². The Morgan fingerprint density at radius 1 is 0.594 bits per heavy atom. The summed E-state index contributed by atoms with van der Waals surface area (Å²) in [5, 5.41) is 1.39. The van der Waals surface area contributed by atoms with Gasteiger partial charge in [0.05, 0.1) is 5.66 Å². The molecule has 0 spiro atoms.